The minimum absolute atomic E-state index is 0.0729. The standard InChI is InChI=1S/C28H36N2O6/c1-7-8-15-36-22-12-9-19(16-18(22)2)26(31)24-25(21-11-10-20(34-5)17-23(21)35-6)30(14-13-29(3)4)28(33)27(24)32/h9-12,16-17,25,31H,7-8,13-15H2,1-6H3/b26-24+. The average Bonchev–Trinajstić information content (AvgIpc) is 3.12. The normalized spacial score (nSPS) is 17.1. The third kappa shape index (κ3) is 5.65. The fraction of sp³-hybridized carbons (Fsp3) is 0.429. The number of likely N-dealkylation sites (N-methyl/N-ethyl adjacent to an activating group) is 1. The Morgan fingerprint density at radius 2 is 1.81 bits per heavy atom. The van der Waals surface area contributed by atoms with Crippen molar-refractivity contribution in [3.8, 4) is 17.2 Å². The molecule has 1 atom stereocenters. The molecule has 1 unspecified atom stereocenters. The van der Waals surface area contributed by atoms with Gasteiger partial charge < -0.3 is 29.1 Å². The highest BCUT2D eigenvalue weighted by Gasteiger charge is 2.45. The van der Waals surface area contributed by atoms with Gasteiger partial charge in [0, 0.05) is 17.2 Å². The van der Waals surface area contributed by atoms with E-state index in [1.807, 2.05) is 21.0 Å². The molecule has 2 aromatic rings. The molecule has 8 heteroatoms. The number of hydrogen-bond acceptors (Lipinski definition) is 6. The van der Waals surface area contributed by atoms with Gasteiger partial charge in [-0.05, 0) is 48.7 Å². The number of aryl methyl sites for hydroxylation is 1. The van der Waals surface area contributed by atoms with E-state index in [2.05, 4.69) is 6.92 Å². The number of Topliss-reactive ketones (excluding diaryl/α,β-unsaturated/α-hetero) is 1. The molecule has 194 valence electrons. The van der Waals surface area contributed by atoms with E-state index < -0.39 is 23.5 Å². The summed E-state index contributed by atoms with van der Waals surface area (Å²) in [5, 5.41) is 13.8. The summed E-state index contributed by atoms with van der Waals surface area (Å²) in [7, 11) is 6.98. The molecule has 0 spiro atoms. The van der Waals surface area contributed by atoms with E-state index in [0.717, 1.165) is 23.3 Å². The van der Waals surface area contributed by atoms with Crippen LogP contribution in [0.5, 0.6) is 17.2 Å². The molecule has 0 bridgehead atoms. The summed E-state index contributed by atoms with van der Waals surface area (Å²) in [4.78, 5) is 29.0. The van der Waals surface area contributed by atoms with E-state index >= 15 is 0 Å². The molecule has 1 aliphatic heterocycles. The molecule has 8 nitrogen and oxygen atoms in total. The van der Waals surface area contributed by atoms with E-state index in [1.54, 1.807) is 43.5 Å². The molecule has 1 fully saturated rings. The molecular formula is C28H36N2O6. The predicted molar refractivity (Wildman–Crippen MR) is 135 cm³/mol. The van der Waals surface area contributed by atoms with Crippen molar-refractivity contribution in [2.75, 3.05) is 48.0 Å². The van der Waals surface area contributed by atoms with Gasteiger partial charge in [-0.1, -0.05) is 25.2 Å². The van der Waals surface area contributed by atoms with Crippen LogP contribution in [-0.2, 0) is 9.59 Å². The van der Waals surface area contributed by atoms with Crippen molar-refractivity contribution in [1.82, 2.24) is 4.90 Å². The van der Waals surface area contributed by atoms with Crippen molar-refractivity contribution in [3.05, 3.63) is 58.7 Å². The minimum Gasteiger partial charge on any atom is -0.872 e. The SMILES string of the molecule is CCCCOc1ccc(/C([O-])=C2\C(=O)C(=O)N(CC[NH+](C)C)C2c2ccc(OC)cc2OC)cc1C. The molecule has 1 saturated heterocycles. The van der Waals surface area contributed by atoms with E-state index in [9.17, 15) is 14.7 Å². The van der Waals surface area contributed by atoms with E-state index in [0.29, 0.717) is 48.1 Å². The van der Waals surface area contributed by atoms with Crippen molar-refractivity contribution in [2.45, 2.75) is 32.7 Å². The second kappa shape index (κ2) is 11.9. The number of amides is 1. The van der Waals surface area contributed by atoms with Crippen molar-refractivity contribution in [3.63, 3.8) is 0 Å². The number of nitrogens with one attached hydrogen (secondary N) is 1. The Bertz CT molecular complexity index is 1140. The van der Waals surface area contributed by atoms with Gasteiger partial charge in [0.25, 0.3) is 5.91 Å². The zero-order valence-corrected chi connectivity index (χ0v) is 22.0. The highest BCUT2D eigenvalue weighted by Crippen LogP contribution is 2.43. The number of benzene rings is 2. The fourth-order valence-corrected chi connectivity index (χ4v) is 4.25. The summed E-state index contributed by atoms with van der Waals surface area (Å²) < 4.78 is 16.7. The highest BCUT2D eigenvalue weighted by molar-refractivity contribution is 6.46. The topological polar surface area (TPSA) is 92.6 Å². The van der Waals surface area contributed by atoms with E-state index in [-0.39, 0.29) is 5.57 Å². The van der Waals surface area contributed by atoms with Gasteiger partial charge in [0.05, 0.1) is 54.1 Å². The van der Waals surface area contributed by atoms with E-state index in [4.69, 9.17) is 14.2 Å². The molecule has 0 radical (unpaired) electrons. The molecule has 0 aliphatic carbocycles. The summed E-state index contributed by atoms with van der Waals surface area (Å²) in [6.07, 6.45) is 1.95. The smallest absolute Gasteiger partial charge is 0.295 e. The maximum absolute atomic E-state index is 13.8. The highest BCUT2D eigenvalue weighted by atomic mass is 16.5. The number of carbonyl (C=O) groups excluding carboxylic acids is 2. The van der Waals surface area contributed by atoms with Gasteiger partial charge >= 0.3 is 0 Å². The van der Waals surface area contributed by atoms with Crippen molar-refractivity contribution >= 4 is 17.4 Å². The molecule has 1 N–H and O–H groups in total. The van der Waals surface area contributed by atoms with Crippen LogP contribution in [0.4, 0.5) is 0 Å². The first kappa shape index (κ1) is 27.1. The van der Waals surface area contributed by atoms with E-state index in [1.165, 1.54) is 12.0 Å². The Labute approximate surface area is 213 Å². The first-order chi connectivity index (χ1) is 17.2. The van der Waals surface area contributed by atoms with Crippen LogP contribution in [0.25, 0.3) is 5.76 Å². The molecule has 0 saturated carbocycles. The molecule has 0 aromatic heterocycles. The molecule has 3 rings (SSSR count). The van der Waals surface area contributed by atoms with Gasteiger partial charge in [0.2, 0.25) is 5.78 Å². The number of unbranched alkanes of at least 4 members (excludes halogenated alkanes) is 1. The van der Waals surface area contributed by atoms with Crippen LogP contribution >= 0.6 is 0 Å². The first-order valence-corrected chi connectivity index (χ1v) is 12.2. The van der Waals surface area contributed by atoms with Gasteiger partial charge in [-0.2, -0.15) is 0 Å². The Hall–Kier alpha value is -3.52. The lowest BCUT2D eigenvalue weighted by Crippen LogP contribution is -3.06. The third-order valence-electron chi connectivity index (χ3n) is 6.31. The van der Waals surface area contributed by atoms with Crippen molar-refractivity contribution in [1.29, 1.82) is 0 Å². The second-order valence-electron chi connectivity index (χ2n) is 9.22. The lowest BCUT2D eigenvalue weighted by molar-refractivity contribution is -0.857. The number of methoxy groups -OCH3 is 2. The molecule has 2 aromatic carbocycles. The Balaban J connectivity index is 2.13. The average molecular weight is 497 g/mol. The number of carbonyl (C=O) groups is 2. The summed E-state index contributed by atoms with van der Waals surface area (Å²) in [6.45, 7) is 5.47. The number of nitrogens with zero attached hydrogens (tertiary/aromatic N) is 1. The fourth-order valence-electron chi connectivity index (χ4n) is 4.25. The predicted octanol–water partition coefficient (Wildman–Crippen LogP) is 1.56. The Morgan fingerprint density at radius 3 is 2.42 bits per heavy atom. The van der Waals surface area contributed by atoms with Crippen molar-refractivity contribution < 1.29 is 33.8 Å². The van der Waals surface area contributed by atoms with Crippen LogP contribution in [0.3, 0.4) is 0 Å². The lowest BCUT2D eigenvalue weighted by Gasteiger charge is -2.29. The molecule has 1 amide bonds. The van der Waals surface area contributed by atoms with Gasteiger partial charge in [-0.25, -0.2) is 0 Å². The zero-order valence-electron chi connectivity index (χ0n) is 22.0. The maximum atomic E-state index is 13.8. The van der Waals surface area contributed by atoms with Gasteiger partial charge in [-0.3, -0.25) is 9.59 Å². The number of rotatable bonds is 11. The monoisotopic (exact) mass is 496 g/mol. The van der Waals surface area contributed by atoms with Crippen molar-refractivity contribution in [2.24, 2.45) is 0 Å². The minimum atomic E-state index is -0.863. The summed E-state index contributed by atoms with van der Waals surface area (Å²) in [5.74, 6) is -0.235. The molecular weight excluding hydrogens is 460 g/mol. The maximum Gasteiger partial charge on any atom is 0.295 e. The summed E-state index contributed by atoms with van der Waals surface area (Å²) in [5.41, 5.74) is 1.62. The van der Waals surface area contributed by atoms with Crippen LogP contribution in [0.2, 0.25) is 0 Å². The summed E-state index contributed by atoms with van der Waals surface area (Å²) >= 11 is 0. The number of quaternary nitrogens is 1. The second-order valence-corrected chi connectivity index (χ2v) is 9.22. The van der Waals surface area contributed by atoms with Crippen LogP contribution in [0.15, 0.2) is 42.0 Å². The number of likely N-dealkylation sites (tertiary alicyclic amines) is 1. The number of ketones is 1. The molecule has 36 heavy (non-hydrogen) atoms. The third-order valence-corrected chi connectivity index (χ3v) is 6.31. The first-order valence-electron chi connectivity index (χ1n) is 12.2. The lowest BCUT2D eigenvalue weighted by atomic mass is 9.94. The van der Waals surface area contributed by atoms with Crippen LogP contribution in [0.1, 0.15) is 42.5 Å². The Kier molecular flexibility index (Phi) is 8.98. The van der Waals surface area contributed by atoms with Gasteiger partial charge in [-0.15, -0.1) is 0 Å². The zero-order chi connectivity index (χ0) is 26.4. The van der Waals surface area contributed by atoms with Crippen LogP contribution < -0.4 is 24.2 Å². The number of ether oxygens (including phenoxy) is 3. The van der Waals surface area contributed by atoms with Crippen LogP contribution in [-0.4, -0.2) is 64.6 Å². The van der Waals surface area contributed by atoms with Gasteiger partial charge in [0.15, 0.2) is 0 Å². The number of hydrogen-bond donors (Lipinski definition) is 1. The van der Waals surface area contributed by atoms with Crippen LogP contribution in [0, 0.1) is 6.92 Å². The molecule has 1 heterocycles. The Morgan fingerprint density at radius 1 is 1.06 bits per heavy atom. The molecule has 1 aliphatic rings. The summed E-state index contributed by atoms with van der Waals surface area (Å²) in [6, 6.07) is 9.41. The quantitative estimate of drug-likeness (QED) is 0.220. The van der Waals surface area contributed by atoms with Gasteiger partial charge in [0.1, 0.15) is 17.2 Å². The largest absolute Gasteiger partial charge is 0.872 e.